The second-order valence-electron chi connectivity index (χ2n) is 6.48. The van der Waals surface area contributed by atoms with Crippen LogP contribution in [0.4, 0.5) is 5.82 Å². The van der Waals surface area contributed by atoms with Crippen LogP contribution in [-0.2, 0) is 13.0 Å². The molecular formula is C22H20N4O2. The smallest absolute Gasteiger partial charge is 0.213 e. The van der Waals surface area contributed by atoms with Gasteiger partial charge in [-0.2, -0.15) is 0 Å². The van der Waals surface area contributed by atoms with Gasteiger partial charge in [-0.1, -0.05) is 41.6 Å². The van der Waals surface area contributed by atoms with Crippen LogP contribution in [0.15, 0.2) is 71.4 Å². The van der Waals surface area contributed by atoms with Gasteiger partial charge in [0, 0.05) is 24.2 Å². The van der Waals surface area contributed by atoms with Gasteiger partial charge in [-0.05, 0) is 36.2 Å². The maximum atomic E-state index is 5.77. The summed E-state index contributed by atoms with van der Waals surface area (Å²) in [7, 11) is 0. The highest BCUT2D eigenvalue weighted by atomic mass is 16.5. The summed E-state index contributed by atoms with van der Waals surface area (Å²) in [4.78, 5) is 8.49. The summed E-state index contributed by atoms with van der Waals surface area (Å²) in [6.45, 7) is 2.45. The lowest BCUT2D eigenvalue weighted by atomic mass is 10.0. The Kier molecular flexibility index (Phi) is 5.01. The third-order valence-corrected chi connectivity index (χ3v) is 4.41. The Balaban J connectivity index is 1.49. The first-order chi connectivity index (χ1) is 13.7. The van der Waals surface area contributed by atoms with Crippen molar-refractivity contribution in [1.82, 2.24) is 15.1 Å². The second-order valence-corrected chi connectivity index (χ2v) is 6.48. The van der Waals surface area contributed by atoms with E-state index in [-0.39, 0.29) is 0 Å². The van der Waals surface area contributed by atoms with E-state index in [1.54, 1.807) is 12.3 Å². The number of hydrogen-bond donors (Lipinski definition) is 1. The van der Waals surface area contributed by atoms with E-state index in [0.717, 1.165) is 22.4 Å². The van der Waals surface area contributed by atoms with Gasteiger partial charge in [0.05, 0.1) is 5.69 Å². The first-order valence-corrected chi connectivity index (χ1v) is 8.99. The molecule has 0 saturated heterocycles. The normalized spacial score (nSPS) is 10.8. The molecule has 0 aliphatic rings. The molecule has 3 aromatic heterocycles. The number of ether oxygens (including phenoxy) is 1. The molecular weight excluding hydrogens is 352 g/mol. The molecule has 0 bridgehead atoms. The monoisotopic (exact) mass is 372 g/mol. The van der Waals surface area contributed by atoms with Crippen molar-refractivity contribution < 1.29 is 9.26 Å². The number of rotatable bonds is 6. The van der Waals surface area contributed by atoms with Crippen LogP contribution in [0.2, 0.25) is 0 Å². The topological polar surface area (TPSA) is 87.1 Å². The number of nitrogens with two attached hydrogens (primary N) is 1. The van der Waals surface area contributed by atoms with Crippen molar-refractivity contribution >= 4 is 5.82 Å². The molecule has 1 aromatic carbocycles. The molecule has 0 atom stereocenters. The van der Waals surface area contributed by atoms with Gasteiger partial charge in [0.15, 0.2) is 5.76 Å². The van der Waals surface area contributed by atoms with Crippen molar-refractivity contribution in [1.29, 1.82) is 0 Å². The number of pyridine rings is 2. The molecule has 3 heterocycles. The number of nitrogen functional groups attached to an aromatic ring is 1. The lowest BCUT2D eigenvalue weighted by Crippen LogP contribution is -1.98. The summed E-state index contributed by atoms with van der Waals surface area (Å²) in [5.74, 6) is 1.71. The molecule has 4 rings (SSSR count). The molecule has 0 amide bonds. The average molecular weight is 372 g/mol. The van der Waals surface area contributed by atoms with E-state index in [4.69, 9.17) is 15.0 Å². The zero-order valence-corrected chi connectivity index (χ0v) is 15.5. The number of benzene rings is 1. The fourth-order valence-corrected chi connectivity index (χ4v) is 2.96. The molecule has 4 aromatic rings. The minimum Gasteiger partial charge on any atom is -0.473 e. The highest BCUT2D eigenvalue weighted by Gasteiger charge is 2.15. The lowest BCUT2D eigenvalue weighted by Gasteiger charge is -2.07. The summed E-state index contributed by atoms with van der Waals surface area (Å²) in [5.41, 5.74) is 10.5. The van der Waals surface area contributed by atoms with Crippen LogP contribution >= 0.6 is 0 Å². The first-order valence-electron chi connectivity index (χ1n) is 8.99. The van der Waals surface area contributed by atoms with Gasteiger partial charge in [-0.25, -0.2) is 9.97 Å². The van der Waals surface area contributed by atoms with Crippen LogP contribution < -0.4 is 10.5 Å². The molecule has 0 radical (unpaired) electrons. The van der Waals surface area contributed by atoms with Crippen molar-refractivity contribution in [3.8, 4) is 17.3 Å². The van der Waals surface area contributed by atoms with Crippen molar-refractivity contribution in [2.75, 3.05) is 5.73 Å². The van der Waals surface area contributed by atoms with E-state index in [1.165, 1.54) is 0 Å². The van der Waals surface area contributed by atoms with Crippen molar-refractivity contribution in [2.24, 2.45) is 0 Å². The zero-order chi connectivity index (χ0) is 19.3. The predicted molar refractivity (Wildman–Crippen MR) is 107 cm³/mol. The zero-order valence-electron chi connectivity index (χ0n) is 15.5. The standard InChI is InChI=1S/C22H20N4O2/c1-15-19(26-28-22(15)18-8-5-9-20(23)25-18)13-16-6-4-7-17(12-16)14-27-21-10-2-3-11-24-21/h2-12H,13-14H2,1H3,(H2,23,25). The quantitative estimate of drug-likeness (QED) is 0.546. The lowest BCUT2D eigenvalue weighted by molar-refractivity contribution is 0.294. The predicted octanol–water partition coefficient (Wildman–Crippen LogP) is 4.19. The maximum absolute atomic E-state index is 5.77. The molecule has 0 fully saturated rings. The fraction of sp³-hybridized carbons (Fsp3) is 0.136. The van der Waals surface area contributed by atoms with Gasteiger partial charge in [0.1, 0.15) is 18.1 Å². The molecule has 0 spiro atoms. The number of anilines is 1. The Morgan fingerprint density at radius 3 is 2.68 bits per heavy atom. The highest BCUT2D eigenvalue weighted by molar-refractivity contribution is 5.59. The van der Waals surface area contributed by atoms with Crippen LogP contribution in [0.1, 0.15) is 22.4 Å². The van der Waals surface area contributed by atoms with Gasteiger partial charge in [-0.15, -0.1) is 0 Å². The largest absolute Gasteiger partial charge is 0.473 e. The molecule has 0 unspecified atom stereocenters. The van der Waals surface area contributed by atoms with Crippen molar-refractivity contribution in [3.63, 3.8) is 0 Å². The van der Waals surface area contributed by atoms with Gasteiger partial charge >= 0.3 is 0 Å². The Morgan fingerprint density at radius 1 is 1.00 bits per heavy atom. The van der Waals surface area contributed by atoms with E-state index >= 15 is 0 Å². The summed E-state index contributed by atoms with van der Waals surface area (Å²) in [6, 6.07) is 19.3. The van der Waals surface area contributed by atoms with Crippen LogP contribution in [0, 0.1) is 6.92 Å². The second kappa shape index (κ2) is 7.92. The minimum absolute atomic E-state index is 0.454. The summed E-state index contributed by atoms with van der Waals surface area (Å²) >= 11 is 0. The highest BCUT2D eigenvalue weighted by Crippen LogP contribution is 2.26. The Hall–Kier alpha value is -3.67. The van der Waals surface area contributed by atoms with E-state index in [1.807, 2.05) is 49.4 Å². The molecule has 0 aliphatic heterocycles. The van der Waals surface area contributed by atoms with Crippen LogP contribution in [-0.4, -0.2) is 15.1 Å². The summed E-state index contributed by atoms with van der Waals surface area (Å²) in [5, 5.41) is 4.24. The number of nitrogens with zero attached hydrogens (tertiary/aromatic N) is 3. The molecule has 0 saturated carbocycles. The van der Waals surface area contributed by atoms with Gasteiger partial charge in [-0.3, -0.25) is 0 Å². The molecule has 28 heavy (non-hydrogen) atoms. The van der Waals surface area contributed by atoms with E-state index < -0.39 is 0 Å². The fourth-order valence-electron chi connectivity index (χ4n) is 2.96. The van der Waals surface area contributed by atoms with Crippen molar-refractivity contribution in [2.45, 2.75) is 20.0 Å². The van der Waals surface area contributed by atoms with Crippen LogP contribution in [0.25, 0.3) is 11.5 Å². The minimum atomic E-state index is 0.454. The first kappa shape index (κ1) is 17.7. The van der Waals surface area contributed by atoms with Gasteiger partial charge in [0.25, 0.3) is 0 Å². The Labute approximate surface area is 163 Å². The maximum Gasteiger partial charge on any atom is 0.213 e. The molecule has 2 N–H and O–H groups in total. The van der Waals surface area contributed by atoms with Gasteiger partial charge < -0.3 is 15.0 Å². The SMILES string of the molecule is Cc1c(Cc2cccc(COc3ccccn3)c2)noc1-c1cccc(N)n1. The van der Waals surface area contributed by atoms with E-state index in [0.29, 0.717) is 36.2 Å². The van der Waals surface area contributed by atoms with E-state index in [9.17, 15) is 0 Å². The van der Waals surface area contributed by atoms with Crippen LogP contribution in [0.3, 0.4) is 0 Å². The molecule has 6 nitrogen and oxygen atoms in total. The molecule has 0 aliphatic carbocycles. The Morgan fingerprint density at radius 2 is 1.86 bits per heavy atom. The van der Waals surface area contributed by atoms with E-state index in [2.05, 4.69) is 27.3 Å². The summed E-state index contributed by atoms with van der Waals surface area (Å²) in [6.07, 6.45) is 2.38. The third kappa shape index (κ3) is 4.01. The number of hydrogen-bond acceptors (Lipinski definition) is 6. The third-order valence-electron chi connectivity index (χ3n) is 4.41. The molecule has 6 heteroatoms. The molecule has 140 valence electrons. The Bertz CT molecular complexity index is 1080. The summed E-state index contributed by atoms with van der Waals surface area (Å²) < 4.78 is 11.3. The number of aromatic nitrogens is 3. The van der Waals surface area contributed by atoms with Crippen molar-refractivity contribution in [3.05, 3.63) is 89.2 Å². The van der Waals surface area contributed by atoms with Gasteiger partial charge in [0.2, 0.25) is 5.88 Å². The average Bonchev–Trinajstić information content (AvgIpc) is 3.08. The van der Waals surface area contributed by atoms with Crippen LogP contribution in [0.5, 0.6) is 5.88 Å².